The fraction of sp³-hybridized carbons (Fsp3) is 0.769. The topological polar surface area (TPSA) is 87.2 Å². The first kappa shape index (κ1) is 16.3. The Kier molecular flexibility index (Phi) is 5.79. The summed E-state index contributed by atoms with van der Waals surface area (Å²) in [4.78, 5) is 37.7. The molecule has 1 aliphatic rings. The van der Waals surface area contributed by atoms with Crippen molar-refractivity contribution in [3.8, 4) is 0 Å². The van der Waals surface area contributed by atoms with Crippen molar-refractivity contribution in [1.82, 2.24) is 9.80 Å². The van der Waals surface area contributed by atoms with Gasteiger partial charge in [-0.15, -0.1) is 0 Å². The maximum absolute atomic E-state index is 12.4. The number of carbonyl (C=O) groups is 3. The summed E-state index contributed by atoms with van der Waals surface area (Å²) in [5, 5.41) is 9.04. The Morgan fingerprint density at radius 2 is 2.05 bits per heavy atom. The first-order chi connectivity index (χ1) is 9.36. The maximum atomic E-state index is 12.4. The van der Waals surface area contributed by atoms with Crippen LogP contribution in [0.25, 0.3) is 0 Å². The highest BCUT2D eigenvalue weighted by Crippen LogP contribution is 2.18. The van der Waals surface area contributed by atoms with Gasteiger partial charge in [-0.2, -0.15) is 0 Å². The van der Waals surface area contributed by atoms with Crippen LogP contribution in [0.3, 0.4) is 0 Å². The molecule has 0 unspecified atom stereocenters. The lowest BCUT2D eigenvalue weighted by molar-refractivity contribution is -0.144. The molecular formula is C13H22N2O5. The third kappa shape index (κ3) is 4.11. The van der Waals surface area contributed by atoms with E-state index in [1.54, 1.807) is 13.8 Å². The Labute approximate surface area is 118 Å². The zero-order valence-electron chi connectivity index (χ0n) is 12.2. The Morgan fingerprint density at radius 3 is 2.55 bits per heavy atom. The molecule has 0 spiro atoms. The summed E-state index contributed by atoms with van der Waals surface area (Å²) < 4.78 is 4.58. The quantitative estimate of drug-likeness (QED) is 0.772. The summed E-state index contributed by atoms with van der Waals surface area (Å²) in [5.74, 6) is -1.90. The minimum atomic E-state index is -0.883. The smallest absolute Gasteiger partial charge is 0.325 e. The van der Waals surface area contributed by atoms with Gasteiger partial charge in [-0.25, -0.2) is 4.79 Å². The second-order valence-electron chi connectivity index (χ2n) is 5.20. The standard InChI is InChI=1S/C13H22N2O5/c1-9(2)15(8-11(16)20-3)13(19)14-6-4-5-10(7-14)12(17)18/h9-10H,4-8H2,1-3H3,(H,17,18)/t10-/m0/s1. The van der Waals surface area contributed by atoms with Crippen LogP contribution in [-0.4, -0.2) is 65.7 Å². The Balaban J connectivity index is 2.73. The number of hydrogen-bond acceptors (Lipinski definition) is 4. The molecule has 1 atom stereocenters. The van der Waals surface area contributed by atoms with Crippen molar-refractivity contribution in [3.05, 3.63) is 0 Å². The van der Waals surface area contributed by atoms with Gasteiger partial charge in [0.25, 0.3) is 0 Å². The second-order valence-corrected chi connectivity index (χ2v) is 5.20. The molecule has 1 heterocycles. The van der Waals surface area contributed by atoms with Crippen LogP contribution < -0.4 is 0 Å². The zero-order valence-corrected chi connectivity index (χ0v) is 12.2. The van der Waals surface area contributed by atoms with Gasteiger partial charge in [0.1, 0.15) is 6.54 Å². The molecule has 20 heavy (non-hydrogen) atoms. The molecule has 0 aromatic carbocycles. The van der Waals surface area contributed by atoms with E-state index in [4.69, 9.17) is 5.11 Å². The second kappa shape index (κ2) is 7.12. The molecule has 1 saturated heterocycles. The van der Waals surface area contributed by atoms with E-state index in [2.05, 4.69) is 4.74 Å². The van der Waals surface area contributed by atoms with Crippen molar-refractivity contribution in [3.63, 3.8) is 0 Å². The fourth-order valence-electron chi connectivity index (χ4n) is 2.21. The number of urea groups is 1. The van der Waals surface area contributed by atoms with Gasteiger partial charge < -0.3 is 19.6 Å². The molecule has 0 aliphatic carbocycles. The summed E-state index contributed by atoms with van der Waals surface area (Å²) >= 11 is 0. The van der Waals surface area contributed by atoms with E-state index < -0.39 is 17.9 Å². The number of methoxy groups -OCH3 is 1. The normalized spacial score (nSPS) is 18.8. The molecule has 1 N–H and O–H groups in total. The number of aliphatic carboxylic acids is 1. The van der Waals surface area contributed by atoms with Crippen molar-refractivity contribution < 1.29 is 24.2 Å². The first-order valence-electron chi connectivity index (χ1n) is 6.72. The van der Waals surface area contributed by atoms with Gasteiger partial charge in [0.05, 0.1) is 13.0 Å². The van der Waals surface area contributed by atoms with E-state index in [0.717, 1.165) is 0 Å². The predicted molar refractivity (Wildman–Crippen MR) is 71.2 cm³/mol. The Bertz CT molecular complexity index is 383. The number of carboxylic acids is 1. The number of hydrogen-bond donors (Lipinski definition) is 1. The van der Waals surface area contributed by atoms with E-state index >= 15 is 0 Å². The molecule has 0 aromatic heterocycles. The van der Waals surface area contributed by atoms with Crippen LogP contribution in [0, 0.1) is 5.92 Å². The van der Waals surface area contributed by atoms with Crippen molar-refractivity contribution in [2.24, 2.45) is 5.92 Å². The molecule has 0 aromatic rings. The average Bonchev–Trinajstić information content (AvgIpc) is 2.43. The summed E-state index contributed by atoms with van der Waals surface area (Å²) in [7, 11) is 1.27. The Morgan fingerprint density at radius 1 is 1.40 bits per heavy atom. The number of rotatable bonds is 4. The number of carboxylic acid groups (broad SMARTS) is 1. The summed E-state index contributed by atoms with van der Waals surface area (Å²) in [6.45, 7) is 4.20. The van der Waals surface area contributed by atoms with Gasteiger partial charge in [0, 0.05) is 19.1 Å². The number of carbonyl (C=O) groups excluding carboxylic acids is 2. The monoisotopic (exact) mass is 286 g/mol. The van der Waals surface area contributed by atoms with Crippen LogP contribution in [0.4, 0.5) is 4.79 Å². The molecule has 1 rings (SSSR count). The average molecular weight is 286 g/mol. The highest BCUT2D eigenvalue weighted by molar-refractivity contribution is 5.82. The lowest BCUT2D eigenvalue weighted by Crippen LogP contribution is -2.52. The molecule has 0 radical (unpaired) electrons. The summed E-state index contributed by atoms with van der Waals surface area (Å²) in [6, 6.07) is -0.469. The zero-order chi connectivity index (χ0) is 15.3. The Hall–Kier alpha value is -1.79. The minimum absolute atomic E-state index is 0.124. The van der Waals surface area contributed by atoms with Gasteiger partial charge in [-0.3, -0.25) is 9.59 Å². The lowest BCUT2D eigenvalue weighted by Gasteiger charge is -2.36. The molecule has 1 aliphatic heterocycles. The molecule has 0 saturated carbocycles. The van der Waals surface area contributed by atoms with Gasteiger partial charge in [0.15, 0.2) is 0 Å². The van der Waals surface area contributed by atoms with Gasteiger partial charge in [-0.05, 0) is 26.7 Å². The molecule has 7 nitrogen and oxygen atoms in total. The lowest BCUT2D eigenvalue weighted by atomic mass is 9.98. The first-order valence-corrected chi connectivity index (χ1v) is 6.72. The minimum Gasteiger partial charge on any atom is -0.481 e. The van der Waals surface area contributed by atoms with E-state index in [9.17, 15) is 14.4 Å². The third-order valence-electron chi connectivity index (χ3n) is 3.44. The SMILES string of the molecule is COC(=O)CN(C(=O)N1CCC[C@H](C(=O)O)C1)C(C)C. The van der Waals surface area contributed by atoms with Gasteiger partial charge in [-0.1, -0.05) is 0 Å². The fourth-order valence-corrected chi connectivity index (χ4v) is 2.21. The summed E-state index contributed by atoms with van der Waals surface area (Å²) in [6.07, 6.45) is 1.24. The van der Waals surface area contributed by atoms with Crippen LogP contribution in [-0.2, 0) is 14.3 Å². The van der Waals surface area contributed by atoms with Crippen LogP contribution in [0.5, 0.6) is 0 Å². The highest BCUT2D eigenvalue weighted by atomic mass is 16.5. The molecule has 7 heteroatoms. The van der Waals surface area contributed by atoms with Crippen molar-refractivity contribution >= 4 is 18.0 Å². The molecule has 114 valence electrons. The van der Waals surface area contributed by atoms with E-state index in [-0.39, 0.29) is 25.2 Å². The molecule has 2 amide bonds. The number of esters is 1. The van der Waals surface area contributed by atoms with Crippen LogP contribution in [0.15, 0.2) is 0 Å². The van der Waals surface area contributed by atoms with Crippen molar-refractivity contribution in [2.45, 2.75) is 32.7 Å². The van der Waals surface area contributed by atoms with Crippen LogP contribution in [0.1, 0.15) is 26.7 Å². The van der Waals surface area contributed by atoms with Crippen LogP contribution in [0.2, 0.25) is 0 Å². The number of ether oxygens (including phenoxy) is 1. The van der Waals surface area contributed by atoms with E-state index in [1.807, 2.05) is 0 Å². The predicted octanol–water partition coefficient (Wildman–Crippen LogP) is 0.786. The third-order valence-corrected chi connectivity index (χ3v) is 3.44. The molecule has 1 fully saturated rings. The highest BCUT2D eigenvalue weighted by Gasteiger charge is 2.32. The number of nitrogens with zero attached hydrogens (tertiary/aromatic N) is 2. The number of amides is 2. The maximum Gasteiger partial charge on any atom is 0.325 e. The molecular weight excluding hydrogens is 264 g/mol. The number of piperidine rings is 1. The van der Waals surface area contributed by atoms with Crippen LogP contribution >= 0.6 is 0 Å². The van der Waals surface area contributed by atoms with Gasteiger partial charge >= 0.3 is 18.0 Å². The molecule has 0 bridgehead atoms. The largest absolute Gasteiger partial charge is 0.481 e. The summed E-state index contributed by atoms with van der Waals surface area (Å²) in [5.41, 5.74) is 0. The van der Waals surface area contributed by atoms with Crippen molar-refractivity contribution in [2.75, 3.05) is 26.7 Å². The van der Waals surface area contributed by atoms with Gasteiger partial charge in [0.2, 0.25) is 0 Å². The van der Waals surface area contributed by atoms with Crippen molar-refractivity contribution in [1.29, 1.82) is 0 Å². The van der Waals surface area contributed by atoms with E-state index in [0.29, 0.717) is 19.4 Å². The van der Waals surface area contributed by atoms with E-state index in [1.165, 1.54) is 16.9 Å². The number of likely N-dealkylation sites (tertiary alicyclic amines) is 1.